The van der Waals surface area contributed by atoms with Gasteiger partial charge in [-0.05, 0) is 49.7 Å². The molecule has 0 atom stereocenters. The Hall–Kier alpha value is -2.82. The Labute approximate surface area is 154 Å². The minimum Gasteiger partial charge on any atom is -0.507 e. The van der Waals surface area contributed by atoms with Crippen molar-refractivity contribution in [2.75, 3.05) is 6.61 Å². The molecule has 0 aliphatic carbocycles. The molecule has 0 radical (unpaired) electrons. The van der Waals surface area contributed by atoms with Crippen molar-refractivity contribution in [3.05, 3.63) is 59.7 Å². The minimum absolute atomic E-state index is 0.128. The molecule has 2 aromatic carbocycles. The SMILES string of the molecule is CCCCCCOc1ccc(C(=O)NN=C(C)c2ccccc2O)cc1. The van der Waals surface area contributed by atoms with E-state index in [0.29, 0.717) is 23.4 Å². The number of amides is 1. The van der Waals surface area contributed by atoms with E-state index in [0.717, 1.165) is 12.2 Å². The largest absolute Gasteiger partial charge is 0.507 e. The summed E-state index contributed by atoms with van der Waals surface area (Å²) in [6.07, 6.45) is 4.64. The maximum absolute atomic E-state index is 12.2. The Morgan fingerprint density at radius 2 is 1.81 bits per heavy atom. The van der Waals surface area contributed by atoms with Gasteiger partial charge in [-0.3, -0.25) is 4.79 Å². The number of carbonyl (C=O) groups is 1. The maximum Gasteiger partial charge on any atom is 0.271 e. The first-order valence-corrected chi connectivity index (χ1v) is 8.97. The molecular weight excluding hydrogens is 328 g/mol. The van der Waals surface area contributed by atoms with Crippen LogP contribution in [0.3, 0.4) is 0 Å². The molecule has 0 saturated heterocycles. The molecule has 2 aromatic rings. The Kier molecular flexibility index (Phi) is 7.68. The van der Waals surface area contributed by atoms with E-state index >= 15 is 0 Å². The number of para-hydroxylation sites is 1. The zero-order chi connectivity index (χ0) is 18.8. The average Bonchev–Trinajstić information content (AvgIpc) is 2.66. The maximum atomic E-state index is 12.2. The molecule has 5 heteroatoms. The second-order valence-electron chi connectivity index (χ2n) is 6.09. The van der Waals surface area contributed by atoms with Crippen LogP contribution in [0, 0.1) is 0 Å². The summed E-state index contributed by atoms with van der Waals surface area (Å²) >= 11 is 0. The second kappa shape index (κ2) is 10.2. The highest BCUT2D eigenvalue weighted by Crippen LogP contribution is 2.16. The van der Waals surface area contributed by atoms with Gasteiger partial charge in [0.05, 0.1) is 12.3 Å². The molecule has 0 fully saturated rings. The van der Waals surface area contributed by atoms with Crippen LogP contribution in [0.25, 0.3) is 0 Å². The summed E-state index contributed by atoms with van der Waals surface area (Å²) in [5, 5.41) is 13.9. The van der Waals surface area contributed by atoms with Crippen LogP contribution in [-0.2, 0) is 0 Å². The first-order chi connectivity index (χ1) is 12.6. The third kappa shape index (κ3) is 5.92. The molecule has 1 amide bonds. The first-order valence-electron chi connectivity index (χ1n) is 8.97. The summed E-state index contributed by atoms with van der Waals surface area (Å²) in [4.78, 5) is 12.2. The Balaban J connectivity index is 1.87. The van der Waals surface area contributed by atoms with Crippen LogP contribution in [0.4, 0.5) is 0 Å². The van der Waals surface area contributed by atoms with Crippen LogP contribution in [0.5, 0.6) is 11.5 Å². The molecule has 0 aromatic heterocycles. The highest BCUT2D eigenvalue weighted by Gasteiger charge is 2.07. The average molecular weight is 354 g/mol. The summed E-state index contributed by atoms with van der Waals surface area (Å²) in [5.74, 6) is 0.574. The van der Waals surface area contributed by atoms with E-state index in [-0.39, 0.29) is 11.7 Å². The van der Waals surface area contributed by atoms with E-state index in [4.69, 9.17) is 4.74 Å². The number of benzene rings is 2. The zero-order valence-electron chi connectivity index (χ0n) is 15.4. The van der Waals surface area contributed by atoms with Gasteiger partial charge >= 0.3 is 0 Å². The van der Waals surface area contributed by atoms with Crippen molar-refractivity contribution in [1.82, 2.24) is 5.43 Å². The molecule has 0 spiro atoms. The van der Waals surface area contributed by atoms with Gasteiger partial charge in [0.25, 0.3) is 5.91 Å². The van der Waals surface area contributed by atoms with Crippen molar-refractivity contribution in [1.29, 1.82) is 0 Å². The predicted octanol–water partition coefficient (Wildman–Crippen LogP) is 4.51. The first kappa shape index (κ1) is 19.5. The van der Waals surface area contributed by atoms with Gasteiger partial charge in [-0.15, -0.1) is 0 Å². The van der Waals surface area contributed by atoms with E-state index in [9.17, 15) is 9.90 Å². The number of hydrogen-bond acceptors (Lipinski definition) is 4. The lowest BCUT2D eigenvalue weighted by Gasteiger charge is -2.07. The number of phenolic OH excluding ortho intramolecular Hbond substituents is 1. The molecule has 2 N–H and O–H groups in total. The number of rotatable bonds is 9. The van der Waals surface area contributed by atoms with Crippen molar-refractivity contribution in [2.45, 2.75) is 39.5 Å². The van der Waals surface area contributed by atoms with Crippen molar-refractivity contribution in [2.24, 2.45) is 5.10 Å². The van der Waals surface area contributed by atoms with E-state index in [1.807, 2.05) is 0 Å². The van der Waals surface area contributed by atoms with Gasteiger partial charge in [0.2, 0.25) is 0 Å². The number of carbonyl (C=O) groups excluding carboxylic acids is 1. The van der Waals surface area contributed by atoms with Gasteiger partial charge < -0.3 is 9.84 Å². The summed E-state index contributed by atoms with van der Waals surface area (Å²) in [5.41, 5.74) is 4.12. The number of nitrogens with one attached hydrogen (secondary N) is 1. The summed E-state index contributed by atoms with van der Waals surface area (Å²) in [6, 6.07) is 13.9. The lowest BCUT2D eigenvalue weighted by molar-refractivity contribution is 0.0954. The smallest absolute Gasteiger partial charge is 0.271 e. The highest BCUT2D eigenvalue weighted by molar-refractivity contribution is 6.02. The van der Waals surface area contributed by atoms with Crippen molar-refractivity contribution in [3.63, 3.8) is 0 Å². The number of hydrazone groups is 1. The number of ether oxygens (including phenoxy) is 1. The quantitative estimate of drug-likeness (QED) is 0.395. The van der Waals surface area contributed by atoms with Crippen molar-refractivity contribution >= 4 is 11.6 Å². The van der Waals surface area contributed by atoms with E-state index in [2.05, 4.69) is 17.5 Å². The molecule has 0 bridgehead atoms. The van der Waals surface area contributed by atoms with Crippen LogP contribution in [-0.4, -0.2) is 23.3 Å². The topological polar surface area (TPSA) is 70.9 Å². The summed E-state index contributed by atoms with van der Waals surface area (Å²) in [7, 11) is 0. The molecule has 2 rings (SSSR count). The monoisotopic (exact) mass is 354 g/mol. The molecule has 26 heavy (non-hydrogen) atoms. The molecule has 138 valence electrons. The fourth-order valence-corrected chi connectivity index (χ4v) is 2.46. The van der Waals surface area contributed by atoms with E-state index in [1.165, 1.54) is 19.3 Å². The third-order valence-electron chi connectivity index (χ3n) is 4.00. The Morgan fingerprint density at radius 3 is 2.50 bits per heavy atom. The number of phenols is 1. The summed E-state index contributed by atoms with van der Waals surface area (Å²) < 4.78 is 5.67. The normalized spacial score (nSPS) is 11.2. The van der Waals surface area contributed by atoms with Crippen molar-refractivity contribution < 1.29 is 14.6 Å². The standard InChI is InChI=1S/C21H26N2O3/c1-3-4-5-8-15-26-18-13-11-17(12-14-18)21(25)23-22-16(2)19-9-6-7-10-20(19)24/h6-7,9-14,24H,3-5,8,15H2,1-2H3,(H,23,25). The van der Waals surface area contributed by atoms with Gasteiger partial charge in [0.1, 0.15) is 11.5 Å². The fraction of sp³-hybridized carbons (Fsp3) is 0.333. The molecule has 0 aliphatic heterocycles. The lowest BCUT2D eigenvalue weighted by Crippen LogP contribution is -2.19. The molecule has 0 unspecified atom stereocenters. The minimum atomic E-state index is -0.311. The van der Waals surface area contributed by atoms with Gasteiger partial charge in [0.15, 0.2) is 0 Å². The second-order valence-corrected chi connectivity index (χ2v) is 6.09. The Bertz CT molecular complexity index is 739. The third-order valence-corrected chi connectivity index (χ3v) is 4.00. The lowest BCUT2D eigenvalue weighted by atomic mass is 10.1. The number of aromatic hydroxyl groups is 1. The molecule has 0 heterocycles. The molecule has 0 aliphatic rings. The molecular formula is C21H26N2O3. The predicted molar refractivity (Wildman–Crippen MR) is 104 cm³/mol. The number of unbranched alkanes of at least 4 members (excludes halogenated alkanes) is 3. The van der Waals surface area contributed by atoms with Crippen LogP contribution >= 0.6 is 0 Å². The zero-order valence-corrected chi connectivity index (χ0v) is 15.4. The van der Waals surface area contributed by atoms with Crippen LogP contribution in [0.1, 0.15) is 55.5 Å². The highest BCUT2D eigenvalue weighted by atomic mass is 16.5. The van der Waals surface area contributed by atoms with E-state index < -0.39 is 0 Å². The van der Waals surface area contributed by atoms with Gasteiger partial charge in [0, 0.05) is 11.1 Å². The molecule has 5 nitrogen and oxygen atoms in total. The van der Waals surface area contributed by atoms with Crippen LogP contribution < -0.4 is 10.2 Å². The van der Waals surface area contributed by atoms with Gasteiger partial charge in [-0.25, -0.2) is 5.43 Å². The number of hydrogen-bond donors (Lipinski definition) is 2. The van der Waals surface area contributed by atoms with Crippen LogP contribution in [0.2, 0.25) is 0 Å². The fourth-order valence-electron chi connectivity index (χ4n) is 2.46. The number of nitrogens with zero attached hydrogens (tertiary/aromatic N) is 1. The van der Waals surface area contributed by atoms with Crippen molar-refractivity contribution in [3.8, 4) is 11.5 Å². The van der Waals surface area contributed by atoms with Gasteiger partial charge in [-0.2, -0.15) is 5.10 Å². The molecule has 0 saturated carbocycles. The Morgan fingerprint density at radius 1 is 1.08 bits per heavy atom. The van der Waals surface area contributed by atoms with E-state index in [1.54, 1.807) is 55.5 Å². The van der Waals surface area contributed by atoms with Crippen LogP contribution in [0.15, 0.2) is 53.6 Å². The van der Waals surface area contributed by atoms with Gasteiger partial charge in [-0.1, -0.05) is 38.3 Å². The summed E-state index contributed by atoms with van der Waals surface area (Å²) in [6.45, 7) is 4.60.